The maximum atomic E-state index is 13.2. The van der Waals surface area contributed by atoms with Gasteiger partial charge in [-0.25, -0.2) is 8.42 Å². The van der Waals surface area contributed by atoms with Crippen LogP contribution in [0.4, 0.5) is 0 Å². The Bertz CT molecular complexity index is 1180. The number of rotatable bonds is 9. The fourth-order valence-electron chi connectivity index (χ4n) is 4.52. The lowest BCUT2D eigenvalue weighted by atomic mass is 9.88. The molecular formula is C25H31N3O4S. The van der Waals surface area contributed by atoms with E-state index in [2.05, 4.69) is 16.0 Å². The summed E-state index contributed by atoms with van der Waals surface area (Å²) in [6, 6.07) is 14.5. The van der Waals surface area contributed by atoms with Crippen LogP contribution in [-0.2, 0) is 19.4 Å². The van der Waals surface area contributed by atoms with Gasteiger partial charge in [0.2, 0.25) is 9.84 Å². The highest BCUT2D eigenvalue weighted by atomic mass is 32.2. The van der Waals surface area contributed by atoms with Crippen LogP contribution in [0.1, 0.15) is 37.2 Å². The fourth-order valence-corrected chi connectivity index (χ4v) is 5.96. The number of H-pyrrole nitrogens is 1. The predicted octanol–water partition coefficient (Wildman–Crippen LogP) is 3.46. The van der Waals surface area contributed by atoms with E-state index in [1.807, 2.05) is 18.2 Å². The molecule has 4 rings (SSSR count). The number of nitrogens with one attached hydrogen (secondary N) is 1. The maximum absolute atomic E-state index is 13.2. The molecule has 1 aliphatic heterocycles. The summed E-state index contributed by atoms with van der Waals surface area (Å²) in [4.78, 5) is 17.8. The van der Waals surface area contributed by atoms with Crippen molar-refractivity contribution in [2.24, 2.45) is 5.73 Å². The fraction of sp³-hybridized carbons (Fsp3) is 0.400. The molecule has 0 amide bonds. The zero-order chi connectivity index (χ0) is 23.3. The molecule has 1 aliphatic rings. The quantitative estimate of drug-likeness (QED) is 0.465. The SMILES string of the molecule is NCCCC(=O)OCCN1CCC(c2cccc3c(S(=O)(=O)c4ccccc4)c[nH]c23)CC1. The van der Waals surface area contributed by atoms with Gasteiger partial charge in [-0.15, -0.1) is 0 Å². The van der Waals surface area contributed by atoms with E-state index >= 15 is 0 Å². The molecule has 0 bridgehead atoms. The monoisotopic (exact) mass is 469 g/mol. The predicted molar refractivity (Wildman–Crippen MR) is 128 cm³/mol. The zero-order valence-electron chi connectivity index (χ0n) is 18.7. The van der Waals surface area contributed by atoms with Gasteiger partial charge in [0.25, 0.3) is 0 Å². The minimum atomic E-state index is -3.59. The van der Waals surface area contributed by atoms with Crippen LogP contribution in [0.25, 0.3) is 10.9 Å². The Morgan fingerprint density at radius 3 is 2.58 bits per heavy atom. The number of carbonyl (C=O) groups is 1. The molecule has 2 heterocycles. The largest absolute Gasteiger partial charge is 0.464 e. The molecule has 0 spiro atoms. The first-order valence-corrected chi connectivity index (χ1v) is 13.0. The lowest BCUT2D eigenvalue weighted by molar-refractivity contribution is -0.144. The van der Waals surface area contributed by atoms with Crippen LogP contribution < -0.4 is 5.73 Å². The first-order valence-electron chi connectivity index (χ1n) is 11.5. The molecule has 7 nitrogen and oxygen atoms in total. The highest BCUT2D eigenvalue weighted by Gasteiger charge is 2.26. The number of nitrogens with two attached hydrogens (primary N) is 1. The minimum Gasteiger partial charge on any atom is -0.464 e. The van der Waals surface area contributed by atoms with Crippen molar-refractivity contribution in [1.82, 2.24) is 9.88 Å². The van der Waals surface area contributed by atoms with E-state index in [9.17, 15) is 13.2 Å². The van der Waals surface area contributed by atoms with Gasteiger partial charge >= 0.3 is 5.97 Å². The van der Waals surface area contributed by atoms with Crippen molar-refractivity contribution in [2.75, 3.05) is 32.8 Å². The van der Waals surface area contributed by atoms with Gasteiger partial charge in [-0.3, -0.25) is 9.69 Å². The summed E-state index contributed by atoms with van der Waals surface area (Å²) in [5.74, 6) is 0.165. The number of likely N-dealkylation sites (tertiary alicyclic amines) is 1. The molecule has 0 saturated carbocycles. The third kappa shape index (κ3) is 5.29. The smallest absolute Gasteiger partial charge is 0.305 e. The molecule has 0 aliphatic carbocycles. The van der Waals surface area contributed by atoms with Crippen LogP contribution in [-0.4, -0.2) is 57.1 Å². The molecule has 33 heavy (non-hydrogen) atoms. The van der Waals surface area contributed by atoms with Crippen LogP contribution >= 0.6 is 0 Å². The summed E-state index contributed by atoms with van der Waals surface area (Å²) in [6.45, 7) is 3.46. The molecule has 1 fully saturated rings. The summed E-state index contributed by atoms with van der Waals surface area (Å²) in [5, 5.41) is 0.739. The number of carbonyl (C=O) groups excluding carboxylic acids is 1. The van der Waals surface area contributed by atoms with E-state index in [4.69, 9.17) is 10.5 Å². The van der Waals surface area contributed by atoms with E-state index < -0.39 is 9.84 Å². The van der Waals surface area contributed by atoms with Gasteiger partial charge in [-0.2, -0.15) is 0 Å². The van der Waals surface area contributed by atoms with Crippen molar-refractivity contribution >= 4 is 26.7 Å². The molecule has 0 atom stereocenters. The number of fused-ring (bicyclic) bond motifs is 1. The number of sulfone groups is 1. The first kappa shape index (κ1) is 23.5. The van der Waals surface area contributed by atoms with Crippen molar-refractivity contribution in [1.29, 1.82) is 0 Å². The number of aromatic nitrogens is 1. The second-order valence-electron chi connectivity index (χ2n) is 8.47. The van der Waals surface area contributed by atoms with Crippen molar-refractivity contribution in [2.45, 2.75) is 41.4 Å². The molecule has 0 unspecified atom stereocenters. The van der Waals surface area contributed by atoms with Gasteiger partial charge < -0.3 is 15.5 Å². The van der Waals surface area contributed by atoms with Gasteiger partial charge in [-0.1, -0.05) is 36.4 Å². The Hall–Kier alpha value is -2.68. The van der Waals surface area contributed by atoms with Crippen molar-refractivity contribution < 1.29 is 17.9 Å². The Morgan fingerprint density at radius 1 is 1.09 bits per heavy atom. The number of hydrogen-bond acceptors (Lipinski definition) is 6. The van der Waals surface area contributed by atoms with Crippen LogP contribution in [0.5, 0.6) is 0 Å². The second-order valence-corrected chi connectivity index (χ2v) is 10.4. The topological polar surface area (TPSA) is 105 Å². The minimum absolute atomic E-state index is 0.185. The number of piperidine rings is 1. The summed E-state index contributed by atoms with van der Waals surface area (Å²) < 4.78 is 31.6. The second kappa shape index (κ2) is 10.5. The number of hydrogen-bond donors (Lipinski definition) is 2. The Kier molecular flexibility index (Phi) is 7.47. The van der Waals surface area contributed by atoms with E-state index in [1.54, 1.807) is 30.5 Å². The molecule has 0 radical (unpaired) electrons. The van der Waals surface area contributed by atoms with E-state index in [0.717, 1.165) is 48.9 Å². The van der Waals surface area contributed by atoms with Gasteiger partial charge in [0.05, 0.1) is 15.3 Å². The molecule has 1 saturated heterocycles. The van der Waals surface area contributed by atoms with E-state index in [-0.39, 0.29) is 5.97 Å². The molecule has 176 valence electrons. The third-order valence-corrected chi connectivity index (χ3v) is 8.15. The average molecular weight is 470 g/mol. The Morgan fingerprint density at radius 2 is 1.85 bits per heavy atom. The number of benzene rings is 2. The molecular weight excluding hydrogens is 438 g/mol. The van der Waals surface area contributed by atoms with E-state index in [0.29, 0.717) is 41.7 Å². The van der Waals surface area contributed by atoms with Crippen LogP contribution in [0, 0.1) is 0 Å². The summed E-state index contributed by atoms with van der Waals surface area (Å²) in [5.41, 5.74) is 7.48. The normalized spacial score (nSPS) is 15.7. The molecule has 8 heteroatoms. The van der Waals surface area contributed by atoms with Crippen LogP contribution in [0.3, 0.4) is 0 Å². The van der Waals surface area contributed by atoms with Crippen molar-refractivity contribution in [3.05, 3.63) is 60.3 Å². The van der Waals surface area contributed by atoms with E-state index in [1.165, 1.54) is 0 Å². The molecule has 3 N–H and O–H groups in total. The number of nitrogens with zero attached hydrogens (tertiary/aromatic N) is 1. The third-order valence-electron chi connectivity index (χ3n) is 6.34. The zero-order valence-corrected chi connectivity index (χ0v) is 19.5. The van der Waals surface area contributed by atoms with Crippen molar-refractivity contribution in [3.8, 4) is 0 Å². The summed E-state index contributed by atoms with van der Waals surface area (Å²) >= 11 is 0. The average Bonchev–Trinajstić information content (AvgIpc) is 3.29. The Balaban J connectivity index is 1.42. The first-order chi connectivity index (χ1) is 16.0. The van der Waals surface area contributed by atoms with Crippen LogP contribution in [0.15, 0.2) is 64.5 Å². The molecule has 2 aromatic carbocycles. The highest BCUT2D eigenvalue weighted by Crippen LogP contribution is 2.36. The number of esters is 1. The lowest BCUT2D eigenvalue weighted by Gasteiger charge is -2.32. The standard InChI is InChI=1S/C25H31N3O4S/c26-13-5-10-24(29)32-17-16-28-14-11-19(12-15-28)21-8-4-9-22-23(18-27-25(21)22)33(30,31)20-6-2-1-3-7-20/h1-4,6-9,18-19,27H,5,10-17,26H2. The number of aromatic amines is 1. The molecule has 3 aromatic rings. The highest BCUT2D eigenvalue weighted by molar-refractivity contribution is 7.91. The Labute approximate surface area is 194 Å². The van der Waals surface area contributed by atoms with Crippen LogP contribution in [0.2, 0.25) is 0 Å². The van der Waals surface area contributed by atoms with Crippen molar-refractivity contribution in [3.63, 3.8) is 0 Å². The molecule has 1 aromatic heterocycles. The van der Waals surface area contributed by atoms with Gasteiger partial charge in [0.1, 0.15) is 6.61 Å². The van der Waals surface area contributed by atoms with Gasteiger partial charge in [0.15, 0.2) is 0 Å². The maximum Gasteiger partial charge on any atom is 0.305 e. The van der Waals surface area contributed by atoms with Gasteiger partial charge in [0, 0.05) is 24.5 Å². The summed E-state index contributed by atoms with van der Waals surface area (Å²) in [6.07, 6.45) is 4.59. The van der Waals surface area contributed by atoms with Gasteiger partial charge in [-0.05, 0) is 62.5 Å². The summed E-state index contributed by atoms with van der Waals surface area (Å²) in [7, 11) is -3.59. The number of ether oxygens (including phenoxy) is 1. The lowest BCUT2D eigenvalue weighted by Crippen LogP contribution is -2.35. The number of para-hydroxylation sites is 1.